The van der Waals surface area contributed by atoms with Crippen molar-refractivity contribution in [2.24, 2.45) is 0 Å². The molecule has 0 spiro atoms. The largest absolute Gasteiger partial charge is 0.312 e. The SMILES string of the molecule is O=[N+]([O-])OCCN(C1CCCCC1)[N+](=O)[O-]. The van der Waals surface area contributed by atoms with Crippen LogP contribution in [0.15, 0.2) is 0 Å². The van der Waals surface area contributed by atoms with E-state index < -0.39 is 10.1 Å². The van der Waals surface area contributed by atoms with Crippen molar-refractivity contribution in [3.63, 3.8) is 0 Å². The van der Waals surface area contributed by atoms with Crippen molar-refractivity contribution in [1.82, 2.24) is 5.01 Å². The minimum absolute atomic E-state index is 0.0430. The van der Waals surface area contributed by atoms with Gasteiger partial charge in [0.05, 0.1) is 6.04 Å². The lowest BCUT2D eigenvalue weighted by atomic mass is 9.95. The molecule has 0 aromatic heterocycles. The fourth-order valence-electron chi connectivity index (χ4n) is 1.99. The molecule has 0 heterocycles. The Morgan fingerprint density at radius 3 is 2.31 bits per heavy atom. The molecule has 0 aliphatic heterocycles. The first-order chi connectivity index (χ1) is 7.61. The van der Waals surface area contributed by atoms with Gasteiger partial charge in [-0.05, 0) is 12.8 Å². The van der Waals surface area contributed by atoms with Crippen LogP contribution in [0.4, 0.5) is 0 Å². The highest BCUT2D eigenvalue weighted by Crippen LogP contribution is 2.22. The van der Waals surface area contributed by atoms with Gasteiger partial charge in [0.2, 0.25) is 0 Å². The molecule has 1 rings (SSSR count). The molecule has 0 amide bonds. The molecule has 1 saturated carbocycles. The molecule has 1 fully saturated rings. The minimum Gasteiger partial charge on any atom is -0.312 e. The molecular weight excluding hydrogens is 218 g/mol. The van der Waals surface area contributed by atoms with Crippen LogP contribution in [0.5, 0.6) is 0 Å². The zero-order chi connectivity index (χ0) is 12.0. The maximum absolute atomic E-state index is 10.8. The van der Waals surface area contributed by atoms with Gasteiger partial charge in [-0.3, -0.25) is 0 Å². The summed E-state index contributed by atoms with van der Waals surface area (Å²) < 4.78 is 0. The highest BCUT2D eigenvalue weighted by molar-refractivity contribution is 4.70. The molecular formula is C8H15N3O5. The van der Waals surface area contributed by atoms with Gasteiger partial charge in [0.25, 0.3) is 5.09 Å². The molecule has 8 nitrogen and oxygen atoms in total. The van der Waals surface area contributed by atoms with Crippen LogP contribution in [0.3, 0.4) is 0 Å². The van der Waals surface area contributed by atoms with E-state index in [0.29, 0.717) is 0 Å². The summed E-state index contributed by atoms with van der Waals surface area (Å²) in [5, 5.41) is 20.3. The van der Waals surface area contributed by atoms with E-state index in [1.54, 1.807) is 0 Å². The zero-order valence-corrected chi connectivity index (χ0v) is 8.91. The van der Waals surface area contributed by atoms with Crippen LogP contribution in [-0.4, -0.2) is 34.3 Å². The Bertz CT molecular complexity index is 254. The monoisotopic (exact) mass is 233 g/mol. The van der Waals surface area contributed by atoms with E-state index in [4.69, 9.17) is 0 Å². The van der Waals surface area contributed by atoms with Crippen molar-refractivity contribution in [2.75, 3.05) is 13.2 Å². The highest BCUT2D eigenvalue weighted by Gasteiger charge is 2.27. The summed E-state index contributed by atoms with van der Waals surface area (Å²) in [4.78, 5) is 24.8. The standard InChI is InChI=1S/C8H15N3O5/c12-10(13)9(6-7-16-11(14)15)8-4-2-1-3-5-8/h8H,1-7H2. The van der Waals surface area contributed by atoms with Crippen LogP contribution in [0.2, 0.25) is 0 Å². The quantitative estimate of drug-likeness (QED) is 0.501. The maximum atomic E-state index is 10.8. The van der Waals surface area contributed by atoms with E-state index >= 15 is 0 Å². The Morgan fingerprint density at radius 1 is 1.19 bits per heavy atom. The van der Waals surface area contributed by atoms with Crippen molar-refractivity contribution in [2.45, 2.75) is 38.1 Å². The summed E-state index contributed by atoms with van der Waals surface area (Å²) in [6.45, 7) is -0.302. The Kier molecular flexibility index (Phi) is 4.74. The van der Waals surface area contributed by atoms with Crippen LogP contribution in [0.1, 0.15) is 32.1 Å². The van der Waals surface area contributed by atoms with E-state index in [1.807, 2.05) is 0 Å². The average molecular weight is 233 g/mol. The van der Waals surface area contributed by atoms with E-state index in [2.05, 4.69) is 4.84 Å². The smallest absolute Gasteiger partial charge is 0.294 e. The number of rotatable bonds is 6. The number of nitrogens with zero attached hydrogens (tertiary/aromatic N) is 3. The molecule has 0 aromatic rings. The van der Waals surface area contributed by atoms with Crippen molar-refractivity contribution in [1.29, 1.82) is 0 Å². The van der Waals surface area contributed by atoms with Gasteiger partial charge in [-0.15, -0.1) is 15.1 Å². The van der Waals surface area contributed by atoms with Crippen molar-refractivity contribution < 1.29 is 15.0 Å². The summed E-state index contributed by atoms with van der Waals surface area (Å²) in [5.41, 5.74) is 0. The predicted octanol–water partition coefficient (Wildman–Crippen LogP) is 1.02. The molecule has 1 aliphatic rings. The van der Waals surface area contributed by atoms with Gasteiger partial charge < -0.3 is 4.84 Å². The Balaban J connectivity index is 2.40. The molecule has 0 radical (unpaired) electrons. The molecule has 0 saturated heterocycles. The van der Waals surface area contributed by atoms with Crippen molar-refractivity contribution in [3.8, 4) is 0 Å². The van der Waals surface area contributed by atoms with Gasteiger partial charge >= 0.3 is 0 Å². The van der Waals surface area contributed by atoms with Gasteiger partial charge in [0, 0.05) is 0 Å². The lowest BCUT2D eigenvalue weighted by molar-refractivity contribution is -0.761. The van der Waals surface area contributed by atoms with E-state index in [0.717, 1.165) is 37.1 Å². The van der Waals surface area contributed by atoms with Gasteiger partial charge in [-0.1, -0.05) is 19.3 Å². The predicted molar refractivity (Wildman–Crippen MR) is 53.5 cm³/mol. The van der Waals surface area contributed by atoms with Crippen molar-refractivity contribution >= 4 is 0 Å². The summed E-state index contributed by atoms with van der Waals surface area (Å²) in [7, 11) is 0. The fourth-order valence-corrected chi connectivity index (χ4v) is 1.99. The second-order valence-corrected chi connectivity index (χ2v) is 3.75. The second kappa shape index (κ2) is 6.09. The summed E-state index contributed by atoms with van der Waals surface area (Å²) >= 11 is 0. The molecule has 8 heteroatoms. The van der Waals surface area contributed by atoms with Crippen molar-refractivity contribution in [3.05, 3.63) is 20.2 Å². The van der Waals surface area contributed by atoms with Gasteiger partial charge in [0.15, 0.2) is 5.03 Å². The Labute approximate surface area is 92.4 Å². The number of nitro groups is 1. The minimum atomic E-state index is -0.932. The molecule has 0 N–H and O–H groups in total. The average Bonchev–Trinajstić information content (AvgIpc) is 2.25. The first-order valence-electron chi connectivity index (χ1n) is 5.29. The molecule has 92 valence electrons. The van der Waals surface area contributed by atoms with Crippen LogP contribution < -0.4 is 0 Å². The normalized spacial score (nSPS) is 16.8. The third kappa shape index (κ3) is 3.87. The van der Waals surface area contributed by atoms with E-state index in [9.17, 15) is 20.2 Å². The summed E-state index contributed by atoms with van der Waals surface area (Å²) in [6, 6.07) is -0.112. The lowest BCUT2D eigenvalue weighted by Gasteiger charge is -2.27. The van der Waals surface area contributed by atoms with Crippen LogP contribution in [0.25, 0.3) is 0 Å². The highest BCUT2D eigenvalue weighted by atomic mass is 16.9. The Morgan fingerprint density at radius 2 is 1.81 bits per heavy atom. The van der Waals surface area contributed by atoms with Crippen LogP contribution >= 0.6 is 0 Å². The molecule has 0 bridgehead atoms. The Hall–Kier alpha value is -1.60. The fraction of sp³-hybridized carbons (Fsp3) is 1.00. The zero-order valence-electron chi connectivity index (χ0n) is 8.91. The number of hydrogen-bond donors (Lipinski definition) is 0. The topological polar surface area (TPSA) is 98.8 Å². The van der Waals surface area contributed by atoms with E-state index in [-0.39, 0.29) is 19.2 Å². The molecule has 16 heavy (non-hydrogen) atoms. The first kappa shape index (κ1) is 12.5. The molecule has 0 atom stereocenters. The molecule has 0 aromatic carbocycles. The number of hydrogen-bond acceptors (Lipinski definition) is 5. The number of hydrazine groups is 1. The first-order valence-corrected chi connectivity index (χ1v) is 5.29. The lowest BCUT2D eigenvalue weighted by Crippen LogP contribution is -2.43. The third-order valence-corrected chi connectivity index (χ3v) is 2.72. The van der Waals surface area contributed by atoms with Gasteiger partial charge in [0.1, 0.15) is 13.2 Å². The summed E-state index contributed by atoms with van der Waals surface area (Å²) in [6.07, 6.45) is 4.61. The van der Waals surface area contributed by atoms with Crippen LogP contribution in [-0.2, 0) is 4.84 Å². The van der Waals surface area contributed by atoms with E-state index in [1.165, 1.54) is 0 Å². The second-order valence-electron chi connectivity index (χ2n) is 3.75. The van der Waals surface area contributed by atoms with Crippen LogP contribution in [0, 0.1) is 20.2 Å². The molecule has 0 unspecified atom stereocenters. The van der Waals surface area contributed by atoms with Gasteiger partial charge in [-0.2, -0.15) is 0 Å². The molecule has 1 aliphatic carbocycles. The third-order valence-electron chi connectivity index (χ3n) is 2.72. The van der Waals surface area contributed by atoms with Gasteiger partial charge in [-0.25, -0.2) is 10.1 Å². The maximum Gasteiger partial charge on any atom is 0.294 e. The summed E-state index contributed by atoms with van der Waals surface area (Å²) in [5.74, 6) is 0.